The Balaban J connectivity index is 4.05. The summed E-state index contributed by atoms with van der Waals surface area (Å²) in [7, 11) is 1.25. The second-order valence-electron chi connectivity index (χ2n) is 24.2. The Morgan fingerprint density at radius 2 is 0.756 bits per heavy atom. The lowest BCUT2D eigenvalue weighted by molar-refractivity contribution is -0.870. The van der Waals surface area contributed by atoms with Gasteiger partial charge in [-0.05, 0) is 70.6 Å². The monoisotopic (exact) mass is 1110 g/mol. The maximum atomic E-state index is 13.0. The van der Waals surface area contributed by atoms with Crippen molar-refractivity contribution in [3.8, 4) is 0 Å². The van der Waals surface area contributed by atoms with Crippen LogP contribution in [-0.4, -0.2) is 68.5 Å². The van der Waals surface area contributed by atoms with E-state index in [2.05, 4.69) is 67.8 Å². The van der Waals surface area contributed by atoms with Crippen LogP contribution >= 0.6 is 7.82 Å². The van der Waals surface area contributed by atoms with Crippen molar-refractivity contribution in [2.24, 2.45) is 0 Å². The molecule has 0 saturated heterocycles. The maximum Gasteiger partial charge on any atom is 0.268 e. The van der Waals surface area contributed by atoms with Crippen LogP contribution in [-0.2, 0) is 18.4 Å². The number of nitrogens with one attached hydrogen (secondary N) is 1. The van der Waals surface area contributed by atoms with Crippen LogP contribution in [0.3, 0.4) is 0 Å². The number of carbonyl (C=O) groups excluding carboxylic acids is 1. The van der Waals surface area contributed by atoms with Crippen LogP contribution < -0.4 is 10.2 Å². The fourth-order valence-corrected chi connectivity index (χ4v) is 10.7. The molecule has 3 unspecified atom stereocenters. The molecule has 0 aliphatic heterocycles. The van der Waals surface area contributed by atoms with Gasteiger partial charge in [0.1, 0.15) is 13.2 Å². The van der Waals surface area contributed by atoms with Crippen molar-refractivity contribution in [1.82, 2.24) is 5.32 Å². The van der Waals surface area contributed by atoms with E-state index in [1.165, 1.54) is 250 Å². The van der Waals surface area contributed by atoms with Gasteiger partial charge in [0.15, 0.2) is 0 Å². The van der Waals surface area contributed by atoms with Crippen LogP contribution in [0.4, 0.5) is 0 Å². The van der Waals surface area contributed by atoms with E-state index in [0.29, 0.717) is 17.4 Å². The number of hydrogen-bond acceptors (Lipinski definition) is 6. The molecule has 0 rings (SSSR count). The number of likely N-dealkylation sites (N-methyl/N-ethyl adjacent to an activating group) is 1. The molecule has 78 heavy (non-hydrogen) atoms. The van der Waals surface area contributed by atoms with Gasteiger partial charge in [-0.2, -0.15) is 0 Å². The molecular formula is C69H131N2O6P. The number of phosphoric ester groups is 1. The summed E-state index contributed by atoms with van der Waals surface area (Å²) in [5.74, 6) is -0.203. The minimum absolute atomic E-state index is 0.00606. The molecule has 458 valence electrons. The van der Waals surface area contributed by atoms with Gasteiger partial charge in [0.05, 0.1) is 39.9 Å². The number of rotatable bonds is 62. The summed E-state index contributed by atoms with van der Waals surface area (Å²) in [6.45, 7) is 4.65. The summed E-state index contributed by atoms with van der Waals surface area (Å²) in [5.41, 5.74) is 0. The number of aliphatic hydroxyl groups excluding tert-OH is 1. The van der Waals surface area contributed by atoms with Gasteiger partial charge in [0.2, 0.25) is 5.91 Å². The van der Waals surface area contributed by atoms with Crippen LogP contribution in [0.25, 0.3) is 0 Å². The van der Waals surface area contributed by atoms with E-state index >= 15 is 0 Å². The van der Waals surface area contributed by atoms with E-state index < -0.39 is 26.6 Å². The number of unbranched alkanes of at least 4 members (excludes halogenated alkanes) is 41. The largest absolute Gasteiger partial charge is 0.756 e. The van der Waals surface area contributed by atoms with E-state index in [1.807, 2.05) is 27.2 Å². The third kappa shape index (κ3) is 61.8. The summed E-state index contributed by atoms with van der Waals surface area (Å²) >= 11 is 0. The topological polar surface area (TPSA) is 108 Å². The summed E-state index contributed by atoms with van der Waals surface area (Å²) in [6.07, 6.45) is 81.9. The molecule has 0 spiro atoms. The minimum Gasteiger partial charge on any atom is -0.756 e. The second-order valence-corrected chi connectivity index (χ2v) is 25.6. The summed E-state index contributed by atoms with van der Waals surface area (Å²) in [5, 5.41) is 13.9. The highest BCUT2D eigenvalue weighted by Gasteiger charge is 2.23. The number of allylic oxidation sites excluding steroid dienone is 9. The number of nitrogens with zero attached hydrogens (tertiary/aromatic N) is 1. The van der Waals surface area contributed by atoms with Crippen molar-refractivity contribution in [2.75, 3.05) is 40.9 Å². The lowest BCUT2D eigenvalue weighted by atomic mass is 10.0. The molecule has 0 aromatic rings. The number of aliphatic hydroxyl groups is 1. The van der Waals surface area contributed by atoms with Crippen molar-refractivity contribution in [3.63, 3.8) is 0 Å². The molecule has 9 heteroatoms. The molecule has 0 bridgehead atoms. The van der Waals surface area contributed by atoms with E-state index in [-0.39, 0.29) is 12.5 Å². The first-order valence-corrected chi connectivity index (χ1v) is 35.1. The maximum absolute atomic E-state index is 13.0. The zero-order valence-electron chi connectivity index (χ0n) is 52.4. The Hall–Kier alpha value is -1.80. The Bertz CT molecular complexity index is 1450. The van der Waals surface area contributed by atoms with Gasteiger partial charge in [0.25, 0.3) is 7.82 Å². The molecule has 0 radical (unpaired) electrons. The first-order valence-electron chi connectivity index (χ1n) is 33.7. The summed E-state index contributed by atoms with van der Waals surface area (Å²) in [4.78, 5) is 25.6. The average Bonchev–Trinajstić information content (AvgIpc) is 3.41. The summed E-state index contributed by atoms with van der Waals surface area (Å²) in [6, 6.07) is -0.905. The number of phosphoric acid groups is 1. The molecular weight excluding hydrogens is 984 g/mol. The molecule has 0 aromatic heterocycles. The number of carbonyl (C=O) groups is 1. The average molecular weight is 1120 g/mol. The van der Waals surface area contributed by atoms with Gasteiger partial charge in [-0.15, -0.1) is 0 Å². The van der Waals surface area contributed by atoms with Crippen LogP contribution in [0.2, 0.25) is 0 Å². The van der Waals surface area contributed by atoms with Crippen molar-refractivity contribution in [3.05, 3.63) is 60.8 Å². The van der Waals surface area contributed by atoms with Crippen molar-refractivity contribution in [2.45, 2.75) is 334 Å². The van der Waals surface area contributed by atoms with Crippen molar-refractivity contribution >= 4 is 13.7 Å². The summed E-state index contributed by atoms with van der Waals surface area (Å²) < 4.78 is 23.4. The quantitative estimate of drug-likeness (QED) is 0.0272. The molecule has 0 saturated carbocycles. The Morgan fingerprint density at radius 3 is 1.13 bits per heavy atom. The number of amides is 1. The smallest absolute Gasteiger partial charge is 0.268 e. The fraction of sp³-hybridized carbons (Fsp3) is 0.841. The van der Waals surface area contributed by atoms with E-state index in [0.717, 1.165) is 51.4 Å². The molecule has 0 aliphatic carbocycles. The van der Waals surface area contributed by atoms with E-state index in [4.69, 9.17) is 9.05 Å². The van der Waals surface area contributed by atoms with Crippen LogP contribution in [0.1, 0.15) is 322 Å². The first kappa shape index (κ1) is 76.2. The number of quaternary nitrogens is 1. The number of hydrogen-bond donors (Lipinski definition) is 2. The molecule has 8 nitrogen and oxygen atoms in total. The highest BCUT2D eigenvalue weighted by atomic mass is 31.2. The third-order valence-corrected chi connectivity index (χ3v) is 16.2. The highest BCUT2D eigenvalue weighted by molar-refractivity contribution is 7.45. The standard InChI is InChI=1S/C69H131N2O6P/c1-6-8-10-12-14-16-18-20-22-24-26-28-29-30-31-32-33-34-35-36-37-38-39-40-41-43-45-47-49-51-53-55-57-59-61-63-69(73)70-67(66-77-78(74,75)76-65-64-71(3,4)5)68(72)62-60-58-56-54-52-50-48-46-44-42-27-25-23-21-19-17-15-13-11-9-7-2/h18,20,24,26,29-30,52,54,60,62,67-68,72H,6-17,19,21-23,25,27-28,31-51,53,55-59,61,63-66H2,1-5H3,(H-,70,73,74,75)/b20-18-,26-24-,30-29-,54-52+,62-60+. The third-order valence-electron chi connectivity index (χ3n) is 15.2. The Morgan fingerprint density at radius 1 is 0.449 bits per heavy atom. The van der Waals surface area contributed by atoms with Gasteiger partial charge in [-0.25, -0.2) is 0 Å². The van der Waals surface area contributed by atoms with Gasteiger partial charge in [0, 0.05) is 6.42 Å². The SMILES string of the molecule is CCCCCCC/C=C\C/C=C\C/C=C\CCCCCCCCCCCCCCCCCCCCCCC(=O)NC(COP(=O)([O-])OCC[N+](C)(C)C)C(O)/C=C/CC/C=C/CCCCCCCCCCCCCCCCC. The Kier molecular flexibility index (Phi) is 58.4. The van der Waals surface area contributed by atoms with E-state index in [1.54, 1.807) is 6.08 Å². The lowest BCUT2D eigenvalue weighted by Gasteiger charge is -2.29. The van der Waals surface area contributed by atoms with Crippen LogP contribution in [0.15, 0.2) is 60.8 Å². The molecule has 2 N–H and O–H groups in total. The van der Waals surface area contributed by atoms with Gasteiger partial charge in [-0.1, -0.05) is 306 Å². The zero-order chi connectivity index (χ0) is 57.0. The zero-order valence-corrected chi connectivity index (χ0v) is 53.3. The minimum atomic E-state index is -4.61. The molecule has 0 fully saturated rings. The normalized spacial score (nSPS) is 14.1. The Labute approximate surface area is 485 Å². The molecule has 1 amide bonds. The highest BCUT2D eigenvalue weighted by Crippen LogP contribution is 2.38. The van der Waals surface area contributed by atoms with Gasteiger partial charge < -0.3 is 28.8 Å². The molecule has 0 heterocycles. The molecule has 0 aliphatic rings. The predicted molar refractivity (Wildman–Crippen MR) is 339 cm³/mol. The van der Waals surface area contributed by atoms with Gasteiger partial charge in [-0.3, -0.25) is 9.36 Å². The molecule has 3 atom stereocenters. The lowest BCUT2D eigenvalue weighted by Crippen LogP contribution is -2.45. The van der Waals surface area contributed by atoms with Gasteiger partial charge >= 0.3 is 0 Å². The molecule has 0 aromatic carbocycles. The van der Waals surface area contributed by atoms with Crippen LogP contribution in [0.5, 0.6) is 0 Å². The fourth-order valence-electron chi connectivity index (χ4n) is 9.94. The predicted octanol–water partition coefficient (Wildman–Crippen LogP) is 20.6. The van der Waals surface area contributed by atoms with Crippen LogP contribution in [0, 0.1) is 0 Å². The first-order chi connectivity index (χ1) is 38.0. The van der Waals surface area contributed by atoms with Crippen molar-refractivity contribution < 1.29 is 32.9 Å². The second kappa shape index (κ2) is 59.8. The van der Waals surface area contributed by atoms with E-state index in [9.17, 15) is 19.4 Å². The van der Waals surface area contributed by atoms with Crippen molar-refractivity contribution in [1.29, 1.82) is 0 Å².